The van der Waals surface area contributed by atoms with Crippen LogP contribution >= 0.6 is 11.6 Å². The molecular weight excluding hydrogens is 264 g/mol. The number of phenols is 1. The lowest BCUT2D eigenvalue weighted by molar-refractivity contribution is 0.400. The number of rotatable bonds is 2. The summed E-state index contributed by atoms with van der Waals surface area (Å²) in [6, 6.07) is 14.2. The molecule has 3 rings (SSSR count). The van der Waals surface area contributed by atoms with E-state index in [0.717, 1.165) is 10.8 Å². The van der Waals surface area contributed by atoms with Crippen LogP contribution in [-0.4, -0.2) is 15.3 Å². The van der Waals surface area contributed by atoms with Crippen molar-refractivity contribution in [1.82, 2.24) is 10.2 Å². The third-order valence-electron chi connectivity index (χ3n) is 2.65. The van der Waals surface area contributed by atoms with E-state index < -0.39 is 0 Å². The standard InChI is InChI=1S/C14H9ClN2O2/c15-13-5-6-14(17-16-13)19-12-8-10-4-2-1-3-9(10)7-11(12)18/h1-8,18H. The Labute approximate surface area is 114 Å². The molecule has 94 valence electrons. The normalized spacial score (nSPS) is 10.6. The number of ether oxygens (including phenoxy) is 1. The Morgan fingerprint density at radius 3 is 2.37 bits per heavy atom. The first-order chi connectivity index (χ1) is 9.22. The SMILES string of the molecule is Oc1cc2ccccc2cc1Oc1ccc(Cl)nn1. The van der Waals surface area contributed by atoms with E-state index >= 15 is 0 Å². The van der Waals surface area contributed by atoms with E-state index in [9.17, 15) is 5.11 Å². The van der Waals surface area contributed by atoms with Crippen molar-refractivity contribution < 1.29 is 9.84 Å². The second-order valence-corrected chi connectivity index (χ2v) is 4.35. The summed E-state index contributed by atoms with van der Waals surface area (Å²) in [6.45, 7) is 0. The Bertz CT molecular complexity index is 729. The molecule has 3 aromatic rings. The van der Waals surface area contributed by atoms with Crippen LogP contribution in [-0.2, 0) is 0 Å². The average molecular weight is 273 g/mol. The van der Waals surface area contributed by atoms with Gasteiger partial charge in [0, 0.05) is 6.07 Å². The number of fused-ring (bicyclic) bond motifs is 1. The quantitative estimate of drug-likeness (QED) is 0.771. The molecule has 0 aliphatic heterocycles. The van der Waals surface area contributed by atoms with Crippen LogP contribution in [0.1, 0.15) is 0 Å². The van der Waals surface area contributed by atoms with Crippen LogP contribution in [0.15, 0.2) is 48.5 Å². The van der Waals surface area contributed by atoms with Crippen molar-refractivity contribution in [2.24, 2.45) is 0 Å². The molecule has 1 N–H and O–H groups in total. The first-order valence-electron chi connectivity index (χ1n) is 5.61. The highest BCUT2D eigenvalue weighted by molar-refractivity contribution is 6.29. The maximum absolute atomic E-state index is 9.93. The van der Waals surface area contributed by atoms with Crippen LogP contribution < -0.4 is 4.74 Å². The topological polar surface area (TPSA) is 55.2 Å². The van der Waals surface area contributed by atoms with E-state index in [2.05, 4.69) is 10.2 Å². The highest BCUT2D eigenvalue weighted by Gasteiger charge is 2.07. The largest absolute Gasteiger partial charge is 0.504 e. The first-order valence-corrected chi connectivity index (χ1v) is 5.99. The van der Waals surface area contributed by atoms with Crippen LogP contribution in [0.5, 0.6) is 17.4 Å². The second kappa shape index (κ2) is 4.74. The fraction of sp³-hybridized carbons (Fsp3) is 0. The summed E-state index contributed by atoms with van der Waals surface area (Å²) in [7, 11) is 0. The van der Waals surface area contributed by atoms with Crippen LogP contribution in [0, 0.1) is 0 Å². The molecule has 0 atom stereocenters. The lowest BCUT2D eigenvalue weighted by atomic mass is 10.1. The van der Waals surface area contributed by atoms with E-state index in [0.29, 0.717) is 5.75 Å². The van der Waals surface area contributed by atoms with Crippen molar-refractivity contribution in [2.75, 3.05) is 0 Å². The van der Waals surface area contributed by atoms with E-state index in [1.807, 2.05) is 24.3 Å². The molecule has 19 heavy (non-hydrogen) atoms. The van der Waals surface area contributed by atoms with Gasteiger partial charge >= 0.3 is 0 Å². The minimum atomic E-state index is 0.0513. The van der Waals surface area contributed by atoms with Gasteiger partial charge in [0.1, 0.15) is 0 Å². The van der Waals surface area contributed by atoms with E-state index in [1.165, 1.54) is 0 Å². The number of phenolic OH excluding ortho intramolecular Hbond substituents is 1. The highest BCUT2D eigenvalue weighted by atomic mass is 35.5. The molecule has 2 aromatic carbocycles. The summed E-state index contributed by atoms with van der Waals surface area (Å²) < 4.78 is 5.49. The maximum Gasteiger partial charge on any atom is 0.239 e. The monoisotopic (exact) mass is 272 g/mol. The Morgan fingerprint density at radius 1 is 0.947 bits per heavy atom. The van der Waals surface area contributed by atoms with Crippen LogP contribution in [0.25, 0.3) is 10.8 Å². The van der Waals surface area contributed by atoms with Crippen molar-refractivity contribution in [2.45, 2.75) is 0 Å². The molecule has 0 aliphatic rings. The van der Waals surface area contributed by atoms with Gasteiger partial charge in [-0.05, 0) is 29.0 Å². The highest BCUT2D eigenvalue weighted by Crippen LogP contribution is 2.33. The van der Waals surface area contributed by atoms with Crippen LogP contribution in [0.4, 0.5) is 0 Å². The summed E-state index contributed by atoms with van der Waals surface area (Å²) in [6.07, 6.45) is 0. The molecule has 0 unspecified atom stereocenters. The average Bonchev–Trinajstić information content (AvgIpc) is 2.42. The number of aromatic hydroxyl groups is 1. The third kappa shape index (κ3) is 2.44. The van der Waals surface area contributed by atoms with E-state index in [1.54, 1.807) is 24.3 Å². The van der Waals surface area contributed by atoms with E-state index in [4.69, 9.17) is 16.3 Å². The van der Waals surface area contributed by atoms with Gasteiger partial charge in [0.05, 0.1) is 0 Å². The molecule has 0 bridgehead atoms. The summed E-state index contributed by atoms with van der Waals surface area (Å²) in [5.74, 6) is 0.653. The number of halogens is 1. The molecule has 1 aromatic heterocycles. The second-order valence-electron chi connectivity index (χ2n) is 3.96. The molecule has 0 spiro atoms. The predicted molar refractivity (Wildman–Crippen MR) is 72.7 cm³/mol. The minimum absolute atomic E-state index is 0.0513. The van der Waals surface area contributed by atoms with Crippen molar-refractivity contribution in [1.29, 1.82) is 0 Å². The van der Waals surface area contributed by atoms with Crippen molar-refractivity contribution >= 4 is 22.4 Å². The zero-order valence-electron chi connectivity index (χ0n) is 9.75. The summed E-state index contributed by atoms with van der Waals surface area (Å²) >= 11 is 5.65. The molecule has 0 saturated heterocycles. The molecule has 1 heterocycles. The van der Waals surface area contributed by atoms with Gasteiger partial charge < -0.3 is 9.84 Å². The van der Waals surface area contributed by atoms with E-state index in [-0.39, 0.29) is 16.8 Å². The fourth-order valence-electron chi connectivity index (χ4n) is 1.76. The zero-order valence-corrected chi connectivity index (χ0v) is 10.5. The number of hydrogen-bond donors (Lipinski definition) is 1. The van der Waals surface area contributed by atoms with Crippen molar-refractivity contribution in [3.05, 3.63) is 53.7 Å². The van der Waals surface area contributed by atoms with Gasteiger partial charge in [-0.2, -0.15) is 0 Å². The van der Waals surface area contributed by atoms with Gasteiger partial charge in [0.15, 0.2) is 16.7 Å². The van der Waals surface area contributed by atoms with Crippen LogP contribution in [0.3, 0.4) is 0 Å². The lowest BCUT2D eigenvalue weighted by Gasteiger charge is -2.07. The maximum atomic E-state index is 9.93. The van der Waals surface area contributed by atoms with Gasteiger partial charge in [-0.15, -0.1) is 10.2 Å². The zero-order chi connectivity index (χ0) is 13.2. The summed E-state index contributed by atoms with van der Waals surface area (Å²) in [5.41, 5.74) is 0. The Kier molecular flexibility index (Phi) is 2.93. The molecule has 0 radical (unpaired) electrons. The summed E-state index contributed by atoms with van der Waals surface area (Å²) in [5, 5.41) is 19.6. The minimum Gasteiger partial charge on any atom is -0.504 e. The fourth-order valence-corrected chi connectivity index (χ4v) is 1.86. The Balaban J connectivity index is 2.00. The first kappa shape index (κ1) is 11.7. The number of hydrogen-bond acceptors (Lipinski definition) is 4. The number of benzene rings is 2. The third-order valence-corrected chi connectivity index (χ3v) is 2.85. The number of nitrogens with zero attached hydrogens (tertiary/aromatic N) is 2. The molecule has 0 amide bonds. The van der Waals surface area contributed by atoms with Gasteiger partial charge in [0.2, 0.25) is 5.88 Å². The predicted octanol–water partition coefficient (Wildman–Crippen LogP) is 3.78. The van der Waals surface area contributed by atoms with Gasteiger partial charge in [-0.3, -0.25) is 0 Å². The van der Waals surface area contributed by atoms with Crippen molar-refractivity contribution in [3.8, 4) is 17.4 Å². The molecular formula is C14H9ClN2O2. The van der Waals surface area contributed by atoms with Gasteiger partial charge in [-0.1, -0.05) is 35.9 Å². The Morgan fingerprint density at radius 2 is 1.68 bits per heavy atom. The smallest absolute Gasteiger partial charge is 0.239 e. The molecule has 5 heteroatoms. The molecule has 0 saturated carbocycles. The van der Waals surface area contributed by atoms with Gasteiger partial charge in [0.25, 0.3) is 0 Å². The van der Waals surface area contributed by atoms with Crippen LogP contribution in [0.2, 0.25) is 5.15 Å². The Hall–Kier alpha value is -2.33. The molecule has 0 aliphatic carbocycles. The summed E-state index contributed by atoms with van der Waals surface area (Å²) in [4.78, 5) is 0. The molecule has 0 fully saturated rings. The number of aromatic nitrogens is 2. The van der Waals surface area contributed by atoms with Gasteiger partial charge in [-0.25, -0.2) is 0 Å². The van der Waals surface area contributed by atoms with Crippen molar-refractivity contribution in [3.63, 3.8) is 0 Å². The molecule has 4 nitrogen and oxygen atoms in total. The lowest BCUT2D eigenvalue weighted by Crippen LogP contribution is -1.90.